The van der Waals surface area contributed by atoms with Crippen LogP contribution in [-0.2, 0) is 9.63 Å². The molecule has 3 unspecified atom stereocenters. The summed E-state index contributed by atoms with van der Waals surface area (Å²) in [6.45, 7) is 21.8. The highest BCUT2D eigenvalue weighted by Gasteiger charge is 2.46. The second-order valence-electron chi connectivity index (χ2n) is 9.90. The predicted molar refractivity (Wildman–Crippen MR) is 187 cm³/mol. The van der Waals surface area contributed by atoms with Gasteiger partial charge in [0.25, 0.3) is 0 Å². The van der Waals surface area contributed by atoms with Gasteiger partial charge in [0, 0.05) is 18.3 Å². The summed E-state index contributed by atoms with van der Waals surface area (Å²) in [5.41, 5.74) is 5.90. The van der Waals surface area contributed by atoms with E-state index in [1.54, 1.807) is 47.4 Å². The van der Waals surface area contributed by atoms with Crippen LogP contribution >= 0.6 is 0 Å². The highest BCUT2D eigenvalue weighted by molar-refractivity contribution is 6.02. The molecule has 1 aliphatic heterocycles. The molecule has 1 aliphatic rings. The molecule has 1 amide bonds. The number of aliphatic hydroxyl groups is 1. The van der Waals surface area contributed by atoms with Crippen LogP contribution in [0.2, 0.25) is 0 Å². The van der Waals surface area contributed by atoms with E-state index in [1.165, 1.54) is 30.5 Å². The Balaban J connectivity index is 0.000000832. The molecule has 0 bridgehead atoms. The summed E-state index contributed by atoms with van der Waals surface area (Å²) in [4.78, 5) is 18.9. The molecule has 3 N–H and O–H groups in total. The van der Waals surface area contributed by atoms with E-state index in [4.69, 9.17) is 5.11 Å². The van der Waals surface area contributed by atoms with Crippen molar-refractivity contribution in [3.63, 3.8) is 0 Å². The Bertz CT molecular complexity index is 1270. The summed E-state index contributed by atoms with van der Waals surface area (Å²) in [6, 6.07) is 18.9. The zero-order chi connectivity index (χ0) is 35.1. The minimum Gasteiger partial charge on any atom is -0.508 e. The minimum absolute atomic E-state index is 0.0152. The summed E-state index contributed by atoms with van der Waals surface area (Å²) in [5.74, 6) is -0.502. The lowest BCUT2D eigenvalue weighted by atomic mass is 9.79. The van der Waals surface area contributed by atoms with E-state index in [1.807, 2.05) is 47.6 Å². The Morgan fingerprint density at radius 2 is 1.54 bits per heavy atom. The van der Waals surface area contributed by atoms with Gasteiger partial charge < -0.3 is 20.0 Å². The number of hydrogen-bond donors (Lipinski definition) is 3. The van der Waals surface area contributed by atoms with Crippen LogP contribution in [0.15, 0.2) is 92.2 Å². The average Bonchev–Trinajstić information content (AvgIpc) is 3.07. The Morgan fingerprint density at radius 1 is 0.978 bits per heavy atom. The molecule has 8 heteroatoms. The van der Waals surface area contributed by atoms with Crippen molar-refractivity contribution in [1.82, 2.24) is 5.48 Å². The number of allylic oxidation sites excluding steroid dienone is 1. The van der Waals surface area contributed by atoms with Crippen molar-refractivity contribution in [2.24, 2.45) is 5.92 Å². The quantitative estimate of drug-likeness (QED) is 0.0841. The maximum absolute atomic E-state index is 13.1. The average molecular weight is 641 g/mol. The van der Waals surface area contributed by atoms with E-state index in [0.717, 1.165) is 30.5 Å². The van der Waals surface area contributed by atoms with Crippen molar-refractivity contribution in [2.45, 2.75) is 86.3 Å². The van der Waals surface area contributed by atoms with E-state index in [0.29, 0.717) is 29.8 Å². The number of nitrogens with zero attached hydrogens (tertiary/aromatic N) is 1. The number of carbonyl (C=O) groups is 1. The van der Waals surface area contributed by atoms with E-state index in [2.05, 4.69) is 30.4 Å². The number of phenols is 1. The highest BCUT2D eigenvalue weighted by Crippen LogP contribution is 2.39. The third kappa shape index (κ3) is 14.4. The first kappa shape index (κ1) is 42.0. The first-order chi connectivity index (χ1) is 22.1. The molecule has 3 atom stereocenters. The Hall–Kier alpha value is -4.01. The maximum Gasteiger partial charge on any atom is 0.232 e. The van der Waals surface area contributed by atoms with Crippen molar-refractivity contribution >= 4 is 17.2 Å². The highest BCUT2D eigenvalue weighted by atomic mass is 19.1. The molecule has 0 aliphatic carbocycles. The van der Waals surface area contributed by atoms with Crippen LogP contribution in [0.25, 0.3) is 5.57 Å². The van der Waals surface area contributed by atoms with Gasteiger partial charge in [-0.1, -0.05) is 84.0 Å². The molecular formula is C38H54F2N2O4. The third-order valence-electron chi connectivity index (χ3n) is 6.70. The van der Waals surface area contributed by atoms with E-state index >= 15 is 0 Å². The number of amides is 1. The largest absolute Gasteiger partial charge is 0.508 e. The topological polar surface area (TPSA) is 82.0 Å². The SMILES string of the molecule is C=C(C)c1cccc(O)c1.C=CONCC.CC.CC.CCCC1C(CCC(O)c2ccc(F)cc2)C(=O)N1c1ccc(F)cc1. The van der Waals surface area contributed by atoms with Crippen LogP contribution in [0.3, 0.4) is 0 Å². The molecule has 4 rings (SSSR count). The molecule has 1 heterocycles. The lowest BCUT2D eigenvalue weighted by Crippen LogP contribution is -2.61. The lowest BCUT2D eigenvalue weighted by molar-refractivity contribution is -0.131. The van der Waals surface area contributed by atoms with Gasteiger partial charge in [0.2, 0.25) is 5.91 Å². The van der Waals surface area contributed by atoms with Crippen molar-refractivity contribution in [2.75, 3.05) is 11.4 Å². The molecule has 0 saturated carbocycles. The number of aromatic hydroxyl groups is 1. The molecule has 0 radical (unpaired) electrons. The van der Waals surface area contributed by atoms with E-state index in [-0.39, 0.29) is 29.5 Å². The third-order valence-corrected chi connectivity index (χ3v) is 6.70. The van der Waals surface area contributed by atoms with Gasteiger partial charge in [-0.2, -0.15) is 5.48 Å². The van der Waals surface area contributed by atoms with Gasteiger partial charge in [-0.3, -0.25) is 4.79 Å². The summed E-state index contributed by atoms with van der Waals surface area (Å²) < 4.78 is 26.1. The lowest BCUT2D eigenvalue weighted by Gasteiger charge is -2.47. The number of halogens is 2. The summed E-state index contributed by atoms with van der Waals surface area (Å²) >= 11 is 0. The van der Waals surface area contributed by atoms with Gasteiger partial charge in [-0.25, -0.2) is 8.78 Å². The van der Waals surface area contributed by atoms with Crippen LogP contribution in [0.1, 0.15) is 91.4 Å². The van der Waals surface area contributed by atoms with E-state index in [9.17, 15) is 18.7 Å². The van der Waals surface area contributed by atoms with Crippen LogP contribution in [0, 0.1) is 17.6 Å². The molecule has 46 heavy (non-hydrogen) atoms. The number of phenolic OH excluding ortho intramolecular Hbond substituents is 1. The molecule has 0 aromatic heterocycles. The summed E-state index contributed by atoms with van der Waals surface area (Å²) in [5, 5.41) is 19.3. The van der Waals surface area contributed by atoms with Crippen molar-refractivity contribution in [3.8, 4) is 5.75 Å². The number of benzene rings is 3. The molecule has 254 valence electrons. The Morgan fingerprint density at radius 3 is 1.98 bits per heavy atom. The van der Waals surface area contributed by atoms with Crippen LogP contribution in [0.5, 0.6) is 5.75 Å². The molecule has 1 saturated heterocycles. The minimum atomic E-state index is -0.717. The van der Waals surface area contributed by atoms with Crippen molar-refractivity contribution in [3.05, 3.63) is 115 Å². The van der Waals surface area contributed by atoms with E-state index < -0.39 is 6.10 Å². The van der Waals surface area contributed by atoms with Crippen molar-refractivity contribution < 1.29 is 28.6 Å². The summed E-state index contributed by atoms with van der Waals surface area (Å²) in [6.07, 6.45) is 3.45. The smallest absolute Gasteiger partial charge is 0.232 e. The number of rotatable bonds is 11. The van der Waals surface area contributed by atoms with Crippen LogP contribution < -0.4 is 10.4 Å². The molecule has 6 nitrogen and oxygen atoms in total. The standard InChI is InChI=1S/C21H23F2NO2.C9H10O.C4H9NO.2C2H6/c1-2-3-19-18(12-13-20(25)14-4-6-15(22)7-5-14)21(26)24(19)17-10-8-16(23)9-11-17;1-7(2)8-4-3-5-9(10)6-8;1-3-5-6-4-2;2*1-2/h4-11,18-20,25H,2-3,12-13H2,1H3;3-6,10H,1H2,2H3;4-5H,2-3H2,1H3;2*1-2H3. The zero-order valence-electron chi connectivity index (χ0n) is 28.6. The second kappa shape index (κ2) is 24.3. The summed E-state index contributed by atoms with van der Waals surface area (Å²) in [7, 11) is 0. The van der Waals surface area contributed by atoms with Gasteiger partial charge in [0.05, 0.1) is 12.0 Å². The number of β-lactam (4-membered cyclic amide) rings is 1. The number of aliphatic hydroxyl groups excluding tert-OH is 1. The number of hydroxylamine groups is 1. The van der Waals surface area contributed by atoms with Crippen LogP contribution in [-0.4, -0.2) is 28.7 Å². The van der Waals surface area contributed by atoms with Crippen molar-refractivity contribution in [1.29, 1.82) is 0 Å². The number of nitrogens with one attached hydrogen (secondary N) is 1. The predicted octanol–water partition coefficient (Wildman–Crippen LogP) is 9.76. The van der Waals surface area contributed by atoms with Gasteiger partial charge in [-0.15, -0.1) is 0 Å². The number of carbonyl (C=O) groups excluding carboxylic acids is 1. The van der Waals surface area contributed by atoms with Gasteiger partial charge in [0.1, 0.15) is 23.6 Å². The fourth-order valence-electron chi connectivity index (χ4n) is 4.57. The molecule has 3 aromatic rings. The number of hydrogen-bond acceptors (Lipinski definition) is 5. The van der Waals surface area contributed by atoms with Gasteiger partial charge in [0.15, 0.2) is 0 Å². The second-order valence-corrected chi connectivity index (χ2v) is 9.90. The Kier molecular flexibility index (Phi) is 22.1. The monoisotopic (exact) mass is 640 g/mol. The molecule has 3 aromatic carbocycles. The molecule has 0 spiro atoms. The maximum atomic E-state index is 13.1. The van der Waals surface area contributed by atoms with Gasteiger partial charge in [-0.05, 0) is 92.8 Å². The normalized spacial score (nSPS) is 15.0. The Labute approximate surface area is 275 Å². The fraction of sp³-hybridized carbons (Fsp3) is 0.395. The number of anilines is 1. The van der Waals surface area contributed by atoms with Crippen LogP contribution in [0.4, 0.5) is 14.5 Å². The first-order valence-corrected chi connectivity index (χ1v) is 16.1. The fourth-order valence-corrected chi connectivity index (χ4v) is 4.57. The van der Waals surface area contributed by atoms with Gasteiger partial charge >= 0.3 is 0 Å². The molecular weight excluding hydrogens is 586 g/mol. The first-order valence-electron chi connectivity index (χ1n) is 16.1. The zero-order valence-corrected chi connectivity index (χ0v) is 28.6. The molecule has 1 fully saturated rings.